The normalized spacial score (nSPS) is 20.5. The summed E-state index contributed by atoms with van der Waals surface area (Å²) in [6.07, 6.45) is 1.86. The van der Waals surface area contributed by atoms with E-state index in [0.29, 0.717) is 18.4 Å². The van der Waals surface area contributed by atoms with Crippen LogP contribution in [-0.2, 0) is 16.1 Å². The van der Waals surface area contributed by atoms with Crippen LogP contribution >= 0.6 is 0 Å². The molecule has 2 heterocycles. The lowest BCUT2D eigenvalue weighted by atomic mass is 10.2. The van der Waals surface area contributed by atoms with Crippen LogP contribution in [0.1, 0.15) is 6.42 Å². The number of carboxylic acids is 1. The summed E-state index contributed by atoms with van der Waals surface area (Å²) >= 11 is 0. The van der Waals surface area contributed by atoms with Crippen LogP contribution in [-0.4, -0.2) is 45.4 Å². The Morgan fingerprint density at radius 2 is 2.17 bits per heavy atom. The Hall–Kier alpha value is -2.74. The highest BCUT2D eigenvalue weighted by molar-refractivity contribution is 5.81. The van der Waals surface area contributed by atoms with Crippen LogP contribution in [0.15, 0.2) is 35.3 Å². The Labute approximate surface area is 131 Å². The van der Waals surface area contributed by atoms with E-state index in [4.69, 9.17) is 5.11 Å². The molecule has 2 aromatic rings. The van der Waals surface area contributed by atoms with E-state index >= 15 is 0 Å². The van der Waals surface area contributed by atoms with Gasteiger partial charge >= 0.3 is 5.97 Å². The molecule has 8 heteroatoms. The molecule has 1 amide bonds. The quantitative estimate of drug-likeness (QED) is 0.689. The minimum Gasteiger partial charge on any atom is -0.480 e. The van der Waals surface area contributed by atoms with Crippen molar-refractivity contribution in [2.24, 2.45) is 0 Å². The molecule has 1 saturated heterocycles. The average Bonchev–Trinajstić information content (AvgIpc) is 2.99. The molecule has 1 aromatic heterocycles. The number of nitrogens with zero attached hydrogens (tertiary/aromatic N) is 2. The molecule has 1 fully saturated rings. The van der Waals surface area contributed by atoms with Crippen LogP contribution < -0.4 is 16.2 Å². The fourth-order valence-electron chi connectivity index (χ4n) is 2.68. The van der Waals surface area contributed by atoms with Crippen molar-refractivity contribution in [3.05, 3.63) is 40.8 Å². The highest BCUT2D eigenvalue weighted by Crippen LogP contribution is 2.08. The van der Waals surface area contributed by atoms with Gasteiger partial charge in [0, 0.05) is 18.0 Å². The lowest BCUT2D eigenvalue weighted by Gasteiger charge is -2.12. The van der Waals surface area contributed by atoms with Gasteiger partial charge in [-0.3, -0.25) is 14.4 Å². The minimum absolute atomic E-state index is 0.197. The highest BCUT2D eigenvalue weighted by atomic mass is 16.4. The van der Waals surface area contributed by atoms with Gasteiger partial charge in [-0.15, -0.1) is 0 Å². The molecule has 120 valence electrons. The first-order valence-electron chi connectivity index (χ1n) is 7.25. The standard InChI is InChI=1S/C15H16N4O4/c20-13(18-10-5-12(15(22)23)16-7-10)8-19-14(21)11-4-2-1-3-9(11)6-17-19/h1-4,6,10,12,16H,5,7-8H2,(H,18,20)(H,22,23)/t10-,12-/m0/s1. The third-order valence-electron chi connectivity index (χ3n) is 3.85. The van der Waals surface area contributed by atoms with Gasteiger partial charge in [0.1, 0.15) is 12.6 Å². The lowest BCUT2D eigenvalue weighted by molar-refractivity contribution is -0.139. The van der Waals surface area contributed by atoms with E-state index in [2.05, 4.69) is 15.7 Å². The third-order valence-corrected chi connectivity index (χ3v) is 3.85. The maximum atomic E-state index is 12.3. The zero-order chi connectivity index (χ0) is 16.4. The van der Waals surface area contributed by atoms with Crippen LogP contribution in [0.2, 0.25) is 0 Å². The molecule has 0 bridgehead atoms. The fourth-order valence-corrected chi connectivity index (χ4v) is 2.68. The van der Waals surface area contributed by atoms with Crippen molar-refractivity contribution in [2.75, 3.05) is 6.54 Å². The first kappa shape index (κ1) is 15.2. The van der Waals surface area contributed by atoms with Crippen molar-refractivity contribution in [1.29, 1.82) is 0 Å². The zero-order valence-corrected chi connectivity index (χ0v) is 12.2. The summed E-state index contributed by atoms with van der Waals surface area (Å²) in [5, 5.41) is 19.7. The molecule has 3 rings (SSSR count). The second kappa shape index (κ2) is 6.17. The molecule has 1 aromatic carbocycles. The van der Waals surface area contributed by atoms with Gasteiger partial charge in [-0.05, 0) is 12.5 Å². The number of carbonyl (C=O) groups is 2. The van der Waals surface area contributed by atoms with Gasteiger partial charge in [0.05, 0.1) is 11.6 Å². The summed E-state index contributed by atoms with van der Waals surface area (Å²) in [7, 11) is 0. The van der Waals surface area contributed by atoms with E-state index in [1.54, 1.807) is 24.4 Å². The molecule has 3 N–H and O–H groups in total. The number of aromatic nitrogens is 2. The number of carbonyl (C=O) groups excluding carboxylic acids is 1. The maximum Gasteiger partial charge on any atom is 0.320 e. The van der Waals surface area contributed by atoms with Crippen molar-refractivity contribution in [3.8, 4) is 0 Å². The summed E-state index contributed by atoms with van der Waals surface area (Å²) in [5.41, 5.74) is -0.328. The number of aliphatic carboxylic acids is 1. The number of fused-ring (bicyclic) bond motifs is 1. The van der Waals surface area contributed by atoms with Crippen LogP contribution in [0, 0.1) is 0 Å². The second-order valence-corrected chi connectivity index (χ2v) is 5.49. The molecule has 8 nitrogen and oxygen atoms in total. The summed E-state index contributed by atoms with van der Waals surface area (Å²) in [6, 6.07) is 6.12. The Kier molecular flexibility index (Phi) is 4.07. The number of hydrogen-bond acceptors (Lipinski definition) is 5. The summed E-state index contributed by atoms with van der Waals surface area (Å²) in [5.74, 6) is -1.30. The second-order valence-electron chi connectivity index (χ2n) is 5.49. The Balaban J connectivity index is 1.68. The summed E-state index contributed by atoms with van der Waals surface area (Å²) in [6.45, 7) is 0.195. The van der Waals surface area contributed by atoms with Gasteiger partial charge in [-0.1, -0.05) is 18.2 Å². The number of nitrogens with one attached hydrogen (secondary N) is 2. The van der Waals surface area contributed by atoms with Crippen molar-refractivity contribution < 1.29 is 14.7 Å². The molecular weight excluding hydrogens is 300 g/mol. The maximum absolute atomic E-state index is 12.3. The topological polar surface area (TPSA) is 113 Å². The van der Waals surface area contributed by atoms with E-state index < -0.39 is 12.0 Å². The van der Waals surface area contributed by atoms with Crippen molar-refractivity contribution in [2.45, 2.75) is 25.0 Å². The van der Waals surface area contributed by atoms with E-state index in [1.807, 2.05) is 6.07 Å². The van der Waals surface area contributed by atoms with Crippen LogP contribution in [0.25, 0.3) is 10.8 Å². The van der Waals surface area contributed by atoms with Crippen LogP contribution in [0.5, 0.6) is 0 Å². The molecule has 1 aliphatic heterocycles. The first-order chi connectivity index (χ1) is 11.0. The molecule has 23 heavy (non-hydrogen) atoms. The lowest BCUT2D eigenvalue weighted by Crippen LogP contribution is -2.40. The number of amides is 1. The molecule has 1 aliphatic rings. The van der Waals surface area contributed by atoms with E-state index in [1.165, 1.54) is 0 Å². The first-order valence-corrected chi connectivity index (χ1v) is 7.25. The molecule has 0 aliphatic carbocycles. The highest BCUT2D eigenvalue weighted by Gasteiger charge is 2.30. The van der Waals surface area contributed by atoms with Gasteiger partial charge in [0.2, 0.25) is 5.91 Å². The molecule has 0 unspecified atom stereocenters. The summed E-state index contributed by atoms with van der Waals surface area (Å²) in [4.78, 5) is 35.2. The predicted molar refractivity (Wildman–Crippen MR) is 82.0 cm³/mol. The van der Waals surface area contributed by atoms with Gasteiger partial charge < -0.3 is 15.7 Å². The van der Waals surface area contributed by atoms with Gasteiger partial charge in [0.25, 0.3) is 5.56 Å². The smallest absolute Gasteiger partial charge is 0.320 e. The largest absolute Gasteiger partial charge is 0.480 e. The zero-order valence-electron chi connectivity index (χ0n) is 12.2. The third kappa shape index (κ3) is 3.21. The average molecular weight is 316 g/mol. The van der Waals surface area contributed by atoms with E-state index in [9.17, 15) is 14.4 Å². The Morgan fingerprint density at radius 1 is 1.39 bits per heavy atom. The van der Waals surface area contributed by atoms with E-state index in [0.717, 1.165) is 10.1 Å². The molecule has 0 radical (unpaired) electrons. The van der Waals surface area contributed by atoms with Crippen LogP contribution in [0.3, 0.4) is 0 Å². The fraction of sp³-hybridized carbons (Fsp3) is 0.333. The van der Waals surface area contributed by atoms with E-state index in [-0.39, 0.29) is 24.1 Å². The number of benzene rings is 1. The molecule has 2 atom stereocenters. The van der Waals surface area contributed by atoms with Gasteiger partial charge in [-0.25, -0.2) is 4.68 Å². The van der Waals surface area contributed by atoms with Gasteiger partial charge in [-0.2, -0.15) is 5.10 Å². The predicted octanol–water partition coefficient (Wildman–Crippen LogP) is -0.672. The Morgan fingerprint density at radius 3 is 2.91 bits per heavy atom. The van der Waals surface area contributed by atoms with Crippen molar-refractivity contribution in [1.82, 2.24) is 20.4 Å². The van der Waals surface area contributed by atoms with Crippen molar-refractivity contribution in [3.63, 3.8) is 0 Å². The van der Waals surface area contributed by atoms with Gasteiger partial charge in [0.15, 0.2) is 0 Å². The SMILES string of the molecule is O=C(Cn1ncc2ccccc2c1=O)N[C@@H]1CN[C@H](C(=O)O)C1. The van der Waals surface area contributed by atoms with Crippen molar-refractivity contribution >= 4 is 22.6 Å². The number of carboxylic acid groups (broad SMARTS) is 1. The Bertz CT molecular complexity index is 816. The molecule has 0 saturated carbocycles. The monoisotopic (exact) mass is 316 g/mol. The minimum atomic E-state index is -0.936. The molecule has 0 spiro atoms. The number of hydrogen-bond donors (Lipinski definition) is 3. The molecular formula is C15H16N4O4. The summed E-state index contributed by atoms with van der Waals surface area (Å²) < 4.78 is 1.11. The van der Waals surface area contributed by atoms with Crippen LogP contribution in [0.4, 0.5) is 0 Å². The number of rotatable bonds is 4.